The Morgan fingerprint density at radius 2 is 1.19 bits per heavy atom. The first-order chi connectivity index (χ1) is 23.1. The van der Waals surface area contributed by atoms with Crippen LogP contribution in [0.15, 0.2) is 48.5 Å². The maximum Gasteiger partial charge on any atom is 0.227 e. The summed E-state index contributed by atoms with van der Waals surface area (Å²) in [6.07, 6.45) is 8.35. The summed E-state index contributed by atoms with van der Waals surface area (Å²) < 4.78 is 21.9. The van der Waals surface area contributed by atoms with Gasteiger partial charge in [0.1, 0.15) is 0 Å². The zero-order chi connectivity index (χ0) is 33.4. The number of anilines is 1. The van der Waals surface area contributed by atoms with Gasteiger partial charge in [-0.15, -0.1) is 0 Å². The van der Waals surface area contributed by atoms with E-state index in [9.17, 15) is 14.4 Å². The van der Waals surface area contributed by atoms with Crippen LogP contribution in [0.3, 0.4) is 0 Å². The molecule has 1 heterocycles. The zero-order valence-electron chi connectivity index (χ0n) is 27.5. The Hall–Kier alpha value is -3.61. The first kappa shape index (κ1) is 37.8. The van der Waals surface area contributed by atoms with Crippen LogP contribution in [0.25, 0.3) is 12.2 Å². The number of hydrogen-bond acceptors (Lipinski definition) is 8. The topological polar surface area (TPSA) is 136 Å². The molecule has 3 rings (SSSR count). The number of hydrogen-bond donors (Lipinski definition) is 3. The van der Waals surface area contributed by atoms with Gasteiger partial charge in [0.15, 0.2) is 0 Å². The van der Waals surface area contributed by atoms with E-state index >= 15 is 0 Å². The molecule has 2 aromatic rings. The van der Waals surface area contributed by atoms with E-state index in [1.807, 2.05) is 54.6 Å². The Balaban J connectivity index is 1.14. The number of rotatable bonds is 24. The summed E-state index contributed by atoms with van der Waals surface area (Å²) in [5.74, 6) is -0.307. The molecule has 0 fully saturated rings. The van der Waals surface area contributed by atoms with Gasteiger partial charge in [0.2, 0.25) is 17.7 Å². The summed E-state index contributed by atoms with van der Waals surface area (Å²) in [6, 6.07) is 15.8. The zero-order valence-corrected chi connectivity index (χ0v) is 27.5. The summed E-state index contributed by atoms with van der Waals surface area (Å²) in [7, 11) is 0. The lowest BCUT2D eigenvalue weighted by Gasteiger charge is -2.27. The van der Waals surface area contributed by atoms with Crippen LogP contribution >= 0.6 is 0 Å². The van der Waals surface area contributed by atoms with Crippen LogP contribution in [-0.2, 0) is 39.9 Å². The fourth-order valence-electron chi connectivity index (χ4n) is 4.91. The van der Waals surface area contributed by atoms with E-state index < -0.39 is 0 Å². The van der Waals surface area contributed by atoms with Crippen molar-refractivity contribution in [2.75, 3.05) is 77.5 Å². The van der Waals surface area contributed by atoms with Crippen molar-refractivity contribution in [2.45, 2.75) is 51.5 Å². The highest BCUT2D eigenvalue weighted by molar-refractivity contribution is 5.98. The van der Waals surface area contributed by atoms with Crippen LogP contribution in [0.5, 0.6) is 0 Å². The summed E-state index contributed by atoms with van der Waals surface area (Å²) in [6.45, 7) is 4.89. The number of amides is 3. The molecule has 0 aliphatic carbocycles. The quantitative estimate of drug-likeness (QED) is 0.146. The molecule has 11 heteroatoms. The van der Waals surface area contributed by atoms with Crippen molar-refractivity contribution in [3.05, 3.63) is 65.2 Å². The average molecular weight is 654 g/mol. The number of aliphatic hydroxyl groups is 1. The molecule has 2 aromatic carbocycles. The number of benzene rings is 2. The van der Waals surface area contributed by atoms with Crippen molar-refractivity contribution in [3.63, 3.8) is 0 Å². The molecule has 258 valence electrons. The minimum absolute atomic E-state index is 0.0200. The molecule has 0 unspecified atom stereocenters. The second-order valence-electron chi connectivity index (χ2n) is 11.1. The van der Waals surface area contributed by atoms with Gasteiger partial charge in [0, 0.05) is 39.0 Å². The van der Waals surface area contributed by atoms with Crippen molar-refractivity contribution in [3.8, 4) is 0 Å². The largest absolute Gasteiger partial charge is 0.396 e. The number of carbonyl (C=O) groups is 3. The van der Waals surface area contributed by atoms with Crippen LogP contribution in [-0.4, -0.2) is 95.4 Å². The normalized spacial score (nSPS) is 12.8. The average Bonchev–Trinajstić information content (AvgIpc) is 3.08. The number of fused-ring (bicyclic) bond motifs is 2. The van der Waals surface area contributed by atoms with Gasteiger partial charge in [-0.25, -0.2) is 0 Å². The third-order valence-electron chi connectivity index (χ3n) is 7.49. The molecule has 0 radical (unpaired) electrons. The molecule has 1 aliphatic rings. The van der Waals surface area contributed by atoms with Crippen molar-refractivity contribution in [2.24, 2.45) is 0 Å². The van der Waals surface area contributed by atoms with E-state index in [4.69, 9.17) is 24.1 Å². The lowest BCUT2D eigenvalue weighted by Crippen LogP contribution is -2.33. The summed E-state index contributed by atoms with van der Waals surface area (Å²) in [5, 5.41) is 14.4. The number of aliphatic hydroxyl groups excluding tert-OH is 1. The fourth-order valence-corrected chi connectivity index (χ4v) is 4.91. The van der Waals surface area contributed by atoms with Gasteiger partial charge in [0.05, 0.1) is 65.1 Å². The molecule has 0 bridgehead atoms. The van der Waals surface area contributed by atoms with Crippen LogP contribution in [0.1, 0.15) is 61.6 Å². The third kappa shape index (κ3) is 15.7. The summed E-state index contributed by atoms with van der Waals surface area (Å²) >= 11 is 0. The fraction of sp³-hybridized carbons (Fsp3) is 0.528. The minimum atomic E-state index is -0.190. The molecule has 3 amide bonds. The molecule has 0 saturated carbocycles. The van der Waals surface area contributed by atoms with Crippen molar-refractivity contribution in [1.82, 2.24) is 10.6 Å². The van der Waals surface area contributed by atoms with Gasteiger partial charge >= 0.3 is 0 Å². The number of nitrogens with zero attached hydrogens (tertiary/aromatic N) is 1. The van der Waals surface area contributed by atoms with E-state index in [1.165, 1.54) is 0 Å². The van der Waals surface area contributed by atoms with E-state index in [0.29, 0.717) is 78.9 Å². The predicted octanol–water partition coefficient (Wildman–Crippen LogP) is 3.73. The van der Waals surface area contributed by atoms with E-state index in [2.05, 4.69) is 16.7 Å². The lowest BCUT2D eigenvalue weighted by molar-refractivity contribution is -0.125. The Labute approximate surface area is 278 Å². The predicted molar refractivity (Wildman–Crippen MR) is 182 cm³/mol. The molecule has 11 nitrogen and oxygen atoms in total. The smallest absolute Gasteiger partial charge is 0.227 e. The van der Waals surface area contributed by atoms with Gasteiger partial charge in [0.25, 0.3) is 0 Å². The molecule has 0 spiro atoms. The van der Waals surface area contributed by atoms with Crippen molar-refractivity contribution < 1.29 is 38.4 Å². The molecule has 47 heavy (non-hydrogen) atoms. The van der Waals surface area contributed by atoms with Crippen molar-refractivity contribution >= 4 is 35.6 Å². The highest BCUT2D eigenvalue weighted by Gasteiger charge is 2.21. The van der Waals surface area contributed by atoms with Gasteiger partial charge < -0.3 is 39.6 Å². The van der Waals surface area contributed by atoms with E-state index in [1.54, 1.807) is 4.90 Å². The number of carbonyl (C=O) groups excluding carboxylic acids is 3. The Morgan fingerprint density at radius 1 is 0.617 bits per heavy atom. The second-order valence-corrected chi connectivity index (χ2v) is 11.1. The van der Waals surface area contributed by atoms with Gasteiger partial charge in [-0.2, -0.15) is 0 Å². The maximum atomic E-state index is 13.3. The minimum Gasteiger partial charge on any atom is -0.396 e. The van der Waals surface area contributed by atoms with Gasteiger partial charge in [-0.1, -0.05) is 67.5 Å². The SMILES string of the molecule is O=C(CCOCCOCCOCCOCCNC(=O)CCC(=O)N1Cc2ccccc2/C=C\c2ccccc21)NCCCCCCO. The molecule has 3 N–H and O–H groups in total. The first-order valence-electron chi connectivity index (χ1n) is 16.7. The molecule has 0 aromatic heterocycles. The summed E-state index contributed by atoms with van der Waals surface area (Å²) in [5.41, 5.74) is 3.94. The Bertz CT molecular complexity index is 1240. The lowest BCUT2D eigenvalue weighted by atomic mass is 10.0. The van der Waals surface area contributed by atoms with Crippen LogP contribution in [0.2, 0.25) is 0 Å². The Kier molecular flexibility index (Phi) is 19.1. The van der Waals surface area contributed by atoms with Crippen LogP contribution < -0.4 is 15.5 Å². The molecule has 0 atom stereocenters. The second kappa shape index (κ2) is 23.7. The highest BCUT2D eigenvalue weighted by Crippen LogP contribution is 2.29. The van der Waals surface area contributed by atoms with Crippen LogP contribution in [0, 0.1) is 0 Å². The van der Waals surface area contributed by atoms with Crippen LogP contribution in [0.4, 0.5) is 5.69 Å². The maximum absolute atomic E-state index is 13.3. The number of ether oxygens (including phenoxy) is 4. The molecular weight excluding hydrogens is 602 g/mol. The highest BCUT2D eigenvalue weighted by atomic mass is 16.6. The van der Waals surface area contributed by atoms with Gasteiger partial charge in [-0.3, -0.25) is 14.4 Å². The number of unbranched alkanes of at least 4 members (excludes halogenated alkanes) is 3. The standard InChI is InChI=1S/C36H51N3O8/c40-20-8-2-1-7-18-37-35(42)17-21-44-23-25-46-27-28-47-26-24-45-22-19-38-34(41)15-16-36(43)39-29-32-11-4-3-9-30(32)13-14-31-10-5-6-12-33(31)39/h3-6,9-14,40H,1-2,7-8,15-29H2,(H,37,42)(H,38,41)/b14-13-. The van der Waals surface area contributed by atoms with Gasteiger partial charge in [-0.05, 0) is 35.6 Å². The molecule has 0 saturated heterocycles. The Morgan fingerprint density at radius 3 is 1.94 bits per heavy atom. The molecule has 1 aliphatic heterocycles. The monoisotopic (exact) mass is 653 g/mol. The molecular formula is C36H51N3O8. The van der Waals surface area contributed by atoms with E-state index in [0.717, 1.165) is 48.1 Å². The first-order valence-corrected chi connectivity index (χ1v) is 16.7. The van der Waals surface area contributed by atoms with Crippen molar-refractivity contribution in [1.29, 1.82) is 0 Å². The number of nitrogens with one attached hydrogen (secondary N) is 2. The summed E-state index contributed by atoms with van der Waals surface area (Å²) in [4.78, 5) is 39.2. The third-order valence-corrected chi connectivity index (χ3v) is 7.49. The number of para-hydroxylation sites is 1. The van der Waals surface area contributed by atoms with E-state index in [-0.39, 0.29) is 37.2 Å².